The van der Waals surface area contributed by atoms with Crippen molar-refractivity contribution >= 4 is 29.0 Å². The van der Waals surface area contributed by atoms with Gasteiger partial charge in [0.15, 0.2) is 16.7 Å². The minimum Gasteiger partial charge on any atom is -0.471 e. The molecule has 0 aliphatic carbocycles. The van der Waals surface area contributed by atoms with Crippen molar-refractivity contribution in [3.8, 4) is 17.4 Å². The van der Waals surface area contributed by atoms with E-state index >= 15 is 0 Å². The van der Waals surface area contributed by atoms with Crippen molar-refractivity contribution in [2.75, 3.05) is 56.8 Å². The molecule has 3 N–H and O–H groups in total. The van der Waals surface area contributed by atoms with Crippen LogP contribution in [0.2, 0.25) is 0 Å². The number of amides is 1. The summed E-state index contributed by atoms with van der Waals surface area (Å²) in [6, 6.07) is 13.6. The number of carbonyl (C=O) groups excluding carboxylic acids is 1. The number of carbonyl (C=O) groups is 1. The smallest absolute Gasteiger partial charge is 0.242 e. The fourth-order valence-corrected chi connectivity index (χ4v) is 4.72. The van der Waals surface area contributed by atoms with Crippen molar-refractivity contribution in [3.63, 3.8) is 0 Å². The lowest BCUT2D eigenvalue weighted by Crippen LogP contribution is -2.44. The van der Waals surface area contributed by atoms with Crippen LogP contribution in [0, 0.1) is 0 Å². The molecule has 1 amide bonds. The van der Waals surface area contributed by atoms with Gasteiger partial charge in [-0.2, -0.15) is 4.98 Å². The van der Waals surface area contributed by atoms with Crippen LogP contribution in [0.3, 0.4) is 0 Å². The van der Waals surface area contributed by atoms with E-state index in [1.54, 1.807) is 6.07 Å². The largest absolute Gasteiger partial charge is 0.471 e. The Bertz CT molecular complexity index is 1220. The summed E-state index contributed by atoms with van der Waals surface area (Å²) in [4.78, 5) is 26.6. The number of fused-ring (bicyclic) bond motifs is 1. The highest BCUT2D eigenvalue weighted by molar-refractivity contribution is 7.99. The van der Waals surface area contributed by atoms with Crippen LogP contribution in [0.15, 0.2) is 58.7 Å². The molecule has 3 aromatic rings. The van der Waals surface area contributed by atoms with Crippen LogP contribution < -0.4 is 30.2 Å². The maximum atomic E-state index is 11.9. The number of nitrogens with one attached hydrogen (secondary N) is 1. The number of likely N-dealkylation sites (N-methyl/N-ethyl adjacent to an activating group) is 1. The third-order valence-corrected chi connectivity index (χ3v) is 6.74. The Kier molecular flexibility index (Phi) is 7.40. The molecule has 2 aromatic carbocycles. The molecule has 0 radical (unpaired) electrons. The fourth-order valence-electron chi connectivity index (χ4n) is 3.93. The number of ether oxygens (including phenoxy) is 3. The second-order valence-corrected chi connectivity index (χ2v) is 9.51. The molecule has 1 fully saturated rings. The van der Waals surface area contributed by atoms with Gasteiger partial charge in [-0.05, 0) is 36.5 Å². The molecular weight excluding hydrogens is 480 g/mol. The van der Waals surface area contributed by atoms with E-state index in [1.807, 2.05) is 42.6 Å². The number of benzene rings is 2. The van der Waals surface area contributed by atoms with E-state index < -0.39 is 0 Å². The molecule has 2 aliphatic rings. The summed E-state index contributed by atoms with van der Waals surface area (Å²) in [6.07, 6.45) is 1.82. The number of hydrogen-bond donors (Lipinski definition) is 2. The lowest BCUT2D eigenvalue weighted by atomic mass is 10.2. The van der Waals surface area contributed by atoms with Crippen molar-refractivity contribution < 1.29 is 19.0 Å². The summed E-state index contributed by atoms with van der Waals surface area (Å²) in [6.45, 7) is 4.03. The Morgan fingerprint density at radius 1 is 1.17 bits per heavy atom. The van der Waals surface area contributed by atoms with Crippen LogP contribution in [0.1, 0.15) is 5.56 Å². The Hall–Kier alpha value is -3.54. The maximum absolute atomic E-state index is 11.9. The minimum absolute atomic E-state index is 0.0860. The standard InChI is InChI=1S/C25H28N6O4S/c1-30-7-9-31(10-8-30)20-14-27-25(29-24(20)33-15-17-5-3-2-4-6-17)36-18-11-19(28-22(32)13-26)23-21(12-18)34-16-35-23/h2-6,11-12,14H,7-10,13,15-16,26H2,1H3,(H,28,32). The van der Waals surface area contributed by atoms with Gasteiger partial charge in [0, 0.05) is 31.1 Å². The molecule has 10 nitrogen and oxygen atoms in total. The Labute approximate surface area is 213 Å². The maximum Gasteiger partial charge on any atom is 0.242 e. The monoisotopic (exact) mass is 508 g/mol. The van der Waals surface area contributed by atoms with Crippen LogP contribution in [0.5, 0.6) is 17.4 Å². The van der Waals surface area contributed by atoms with Crippen molar-refractivity contribution in [1.82, 2.24) is 14.9 Å². The molecule has 0 unspecified atom stereocenters. The summed E-state index contributed by atoms with van der Waals surface area (Å²) in [5.41, 5.74) is 7.91. The highest BCUT2D eigenvalue weighted by Crippen LogP contribution is 2.44. The van der Waals surface area contributed by atoms with Crippen LogP contribution in [0.4, 0.5) is 11.4 Å². The summed E-state index contributed by atoms with van der Waals surface area (Å²) >= 11 is 1.35. The van der Waals surface area contributed by atoms with Gasteiger partial charge in [0.2, 0.25) is 18.6 Å². The molecule has 1 saturated heterocycles. The topological polar surface area (TPSA) is 115 Å². The summed E-state index contributed by atoms with van der Waals surface area (Å²) < 4.78 is 17.3. The zero-order valence-corrected chi connectivity index (χ0v) is 20.8. The predicted octanol–water partition coefficient (Wildman–Crippen LogP) is 2.58. The summed E-state index contributed by atoms with van der Waals surface area (Å²) in [7, 11) is 2.12. The van der Waals surface area contributed by atoms with Crippen molar-refractivity contribution in [2.24, 2.45) is 5.73 Å². The van der Waals surface area contributed by atoms with E-state index in [0.717, 1.165) is 42.3 Å². The quantitative estimate of drug-likeness (QED) is 0.440. The normalized spacial score (nSPS) is 15.1. The van der Waals surface area contributed by atoms with Gasteiger partial charge in [-0.1, -0.05) is 30.3 Å². The predicted molar refractivity (Wildman–Crippen MR) is 137 cm³/mol. The van der Waals surface area contributed by atoms with Crippen LogP contribution >= 0.6 is 11.8 Å². The Balaban J connectivity index is 1.41. The van der Waals surface area contributed by atoms with Crippen molar-refractivity contribution in [3.05, 3.63) is 54.2 Å². The molecule has 0 saturated carbocycles. The average Bonchev–Trinajstić information content (AvgIpc) is 3.38. The second-order valence-electron chi connectivity index (χ2n) is 8.47. The zero-order valence-electron chi connectivity index (χ0n) is 20.0. The molecule has 188 valence electrons. The van der Waals surface area contributed by atoms with E-state index in [9.17, 15) is 4.79 Å². The van der Waals surface area contributed by atoms with Crippen molar-refractivity contribution in [1.29, 1.82) is 0 Å². The van der Waals surface area contributed by atoms with Crippen molar-refractivity contribution in [2.45, 2.75) is 16.7 Å². The Morgan fingerprint density at radius 2 is 1.97 bits per heavy atom. The molecule has 0 bridgehead atoms. The van der Waals surface area contributed by atoms with E-state index in [-0.39, 0.29) is 19.2 Å². The number of hydrogen-bond acceptors (Lipinski definition) is 10. The Morgan fingerprint density at radius 3 is 2.75 bits per heavy atom. The van der Waals surface area contributed by atoms with Gasteiger partial charge in [0.25, 0.3) is 0 Å². The van der Waals surface area contributed by atoms with E-state index in [0.29, 0.717) is 34.8 Å². The first-order valence-corrected chi connectivity index (χ1v) is 12.5. The highest BCUT2D eigenvalue weighted by atomic mass is 32.2. The second kappa shape index (κ2) is 11.0. The van der Waals surface area contributed by atoms with Gasteiger partial charge in [0.05, 0.1) is 18.4 Å². The van der Waals surface area contributed by atoms with Crippen LogP contribution in [0.25, 0.3) is 0 Å². The first-order chi connectivity index (χ1) is 17.6. The van der Waals surface area contributed by atoms with Crippen LogP contribution in [-0.2, 0) is 11.4 Å². The van der Waals surface area contributed by atoms with Gasteiger partial charge in [-0.15, -0.1) is 0 Å². The van der Waals surface area contributed by atoms with Gasteiger partial charge in [-0.25, -0.2) is 4.98 Å². The number of nitrogens with zero attached hydrogens (tertiary/aromatic N) is 4. The molecule has 0 spiro atoms. The van der Waals surface area contributed by atoms with Gasteiger partial charge >= 0.3 is 0 Å². The molecule has 5 rings (SSSR count). The lowest BCUT2D eigenvalue weighted by molar-refractivity contribution is -0.114. The first kappa shape index (κ1) is 24.2. The third kappa shape index (κ3) is 5.64. The molecule has 0 atom stereocenters. The summed E-state index contributed by atoms with van der Waals surface area (Å²) in [5.74, 6) is 1.25. The molecule has 2 aliphatic heterocycles. The molecule has 11 heteroatoms. The zero-order chi connectivity index (χ0) is 24.9. The van der Waals surface area contributed by atoms with E-state index in [1.165, 1.54) is 11.8 Å². The molecule has 3 heterocycles. The van der Waals surface area contributed by atoms with E-state index in [2.05, 4.69) is 27.1 Å². The van der Waals surface area contributed by atoms with Gasteiger partial charge < -0.3 is 35.1 Å². The van der Waals surface area contributed by atoms with E-state index in [4.69, 9.17) is 24.9 Å². The number of aromatic nitrogens is 2. The highest BCUT2D eigenvalue weighted by Gasteiger charge is 2.23. The summed E-state index contributed by atoms with van der Waals surface area (Å²) in [5, 5.41) is 3.28. The SMILES string of the molecule is CN1CCN(c2cnc(Sc3cc(NC(=O)CN)c4c(c3)OCO4)nc2OCc2ccccc2)CC1. The number of anilines is 2. The number of nitrogens with two attached hydrogens (primary N) is 1. The number of piperazine rings is 1. The first-order valence-electron chi connectivity index (χ1n) is 11.7. The third-order valence-electron chi connectivity index (χ3n) is 5.89. The van der Waals surface area contributed by atoms with Gasteiger partial charge in [0.1, 0.15) is 12.3 Å². The fraction of sp³-hybridized carbons (Fsp3) is 0.320. The minimum atomic E-state index is -0.320. The molecule has 36 heavy (non-hydrogen) atoms. The average molecular weight is 509 g/mol. The molecular formula is C25H28N6O4S. The van der Waals surface area contributed by atoms with Gasteiger partial charge in [-0.3, -0.25) is 4.79 Å². The molecule has 1 aromatic heterocycles. The lowest BCUT2D eigenvalue weighted by Gasteiger charge is -2.34. The number of rotatable bonds is 8. The van der Waals surface area contributed by atoms with Crippen LogP contribution in [-0.4, -0.2) is 67.3 Å².